The molecule has 4 unspecified atom stereocenters. The van der Waals surface area contributed by atoms with Gasteiger partial charge in [-0.3, -0.25) is 0 Å². The molecule has 18 heavy (non-hydrogen) atoms. The van der Waals surface area contributed by atoms with Crippen LogP contribution in [-0.2, 0) is 4.74 Å². The quantitative estimate of drug-likeness (QED) is 0.762. The smallest absolute Gasteiger partial charge is 0.0499 e. The molecule has 2 aliphatic rings. The van der Waals surface area contributed by atoms with E-state index in [-0.39, 0.29) is 0 Å². The summed E-state index contributed by atoms with van der Waals surface area (Å²) in [5, 5.41) is 7.53. The van der Waals surface area contributed by atoms with Crippen LogP contribution in [-0.4, -0.2) is 38.9 Å². The van der Waals surface area contributed by atoms with E-state index >= 15 is 0 Å². The Kier molecular flexibility index (Phi) is 5.93. The van der Waals surface area contributed by atoms with Gasteiger partial charge in [-0.05, 0) is 44.1 Å². The van der Waals surface area contributed by atoms with Crippen molar-refractivity contribution in [3.63, 3.8) is 0 Å². The van der Waals surface area contributed by atoms with E-state index in [1.54, 1.807) is 7.11 Å². The van der Waals surface area contributed by atoms with Crippen molar-refractivity contribution in [2.45, 2.75) is 57.5 Å². The fraction of sp³-hybridized carbons (Fsp3) is 1.00. The molecule has 0 spiro atoms. The SMILES string of the molecule is COCC(C)CNC1CCCC1C1CCCCN1. The van der Waals surface area contributed by atoms with Gasteiger partial charge in [-0.1, -0.05) is 19.8 Å². The molecule has 0 aromatic carbocycles. The maximum Gasteiger partial charge on any atom is 0.0499 e. The first-order valence-corrected chi connectivity index (χ1v) is 7.77. The van der Waals surface area contributed by atoms with Crippen molar-refractivity contribution in [3.8, 4) is 0 Å². The number of nitrogens with one attached hydrogen (secondary N) is 2. The first kappa shape index (κ1) is 14.3. The van der Waals surface area contributed by atoms with E-state index in [1.807, 2.05) is 0 Å². The van der Waals surface area contributed by atoms with Gasteiger partial charge in [0, 0.05) is 32.3 Å². The Morgan fingerprint density at radius 2 is 2.11 bits per heavy atom. The van der Waals surface area contributed by atoms with Gasteiger partial charge in [0.1, 0.15) is 0 Å². The molecule has 2 rings (SSSR count). The summed E-state index contributed by atoms with van der Waals surface area (Å²) in [6.07, 6.45) is 8.35. The van der Waals surface area contributed by atoms with Gasteiger partial charge in [0.25, 0.3) is 0 Å². The predicted octanol–water partition coefficient (Wildman–Crippen LogP) is 2.17. The second-order valence-electron chi connectivity index (χ2n) is 6.23. The standard InChI is InChI=1S/C15H30N2O/c1-12(11-18-2)10-17-15-8-5-6-13(15)14-7-3-4-9-16-14/h12-17H,3-11H2,1-2H3. The lowest BCUT2D eigenvalue weighted by Gasteiger charge is -2.33. The summed E-state index contributed by atoms with van der Waals surface area (Å²) in [7, 11) is 1.79. The van der Waals surface area contributed by atoms with E-state index in [4.69, 9.17) is 4.74 Å². The molecule has 106 valence electrons. The van der Waals surface area contributed by atoms with Crippen molar-refractivity contribution < 1.29 is 4.74 Å². The molecule has 3 heteroatoms. The maximum atomic E-state index is 5.21. The van der Waals surface area contributed by atoms with Crippen LogP contribution < -0.4 is 10.6 Å². The largest absolute Gasteiger partial charge is 0.384 e. The molecule has 0 radical (unpaired) electrons. The van der Waals surface area contributed by atoms with E-state index in [2.05, 4.69) is 17.6 Å². The van der Waals surface area contributed by atoms with Crippen LogP contribution in [0.4, 0.5) is 0 Å². The first-order valence-electron chi connectivity index (χ1n) is 7.77. The lowest BCUT2D eigenvalue weighted by molar-refractivity contribution is 0.153. The molecule has 1 heterocycles. The zero-order chi connectivity index (χ0) is 12.8. The van der Waals surface area contributed by atoms with Gasteiger partial charge in [0.15, 0.2) is 0 Å². The Bertz CT molecular complexity index is 229. The minimum Gasteiger partial charge on any atom is -0.384 e. The van der Waals surface area contributed by atoms with Crippen LogP contribution >= 0.6 is 0 Å². The third-order valence-electron chi connectivity index (χ3n) is 4.61. The number of hydrogen-bond acceptors (Lipinski definition) is 3. The highest BCUT2D eigenvalue weighted by molar-refractivity contribution is 4.92. The fourth-order valence-corrected chi connectivity index (χ4v) is 3.66. The second-order valence-corrected chi connectivity index (χ2v) is 6.23. The zero-order valence-electron chi connectivity index (χ0n) is 12.1. The number of piperidine rings is 1. The van der Waals surface area contributed by atoms with Crippen molar-refractivity contribution in [3.05, 3.63) is 0 Å². The van der Waals surface area contributed by atoms with E-state index in [0.29, 0.717) is 5.92 Å². The maximum absolute atomic E-state index is 5.21. The van der Waals surface area contributed by atoms with Crippen molar-refractivity contribution in [1.82, 2.24) is 10.6 Å². The van der Waals surface area contributed by atoms with Crippen LogP contribution in [0.5, 0.6) is 0 Å². The summed E-state index contributed by atoms with van der Waals surface area (Å²) in [5.41, 5.74) is 0. The van der Waals surface area contributed by atoms with Gasteiger partial charge >= 0.3 is 0 Å². The summed E-state index contributed by atoms with van der Waals surface area (Å²) >= 11 is 0. The molecule has 0 bridgehead atoms. The summed E-state index contributed by atoms with van der Waals surface area (Å²) in [6, 6.07) is 1.51. The van der Waals surface area contributed by atoms with E-state index in [0.717, 1.165) is 31.2 Å². The van der Waals surface area contributed by atoms with Crippen LogP contribution in [0.3, 0.4) is 0 Å². The van der Waals surface area contributed by atoms with Crippen molar-refractivity contribution in [2.24, 2.45) is 11.8 Å². The lowest BCUT2D eigenvalue weighted by Crippen LogP contribution is -2.47. The van der Waals surface area contributed by atoms with Gasteiger partial charge in [0.2, 0.25) is 0 Å². The molecule has 2 N–H and O–H groups in total. The summed E-state index contributed by atoms with van der Waals surface area (Å²) in [6.45, 7) is 5.46. The molecule has 1 aliphatic heterocycles. The normalized spacial score (nSPS) is 34.7. The number of rotatable bonds is 6. The average molecular weight is 254 g/mol. The van der Waals surface area contributed by atoms with E-state index in [1.165, 1.54) is 45.1 Å². The Morgan fingerprint density at radius 1 is 1.22 bits per heavy atom. The molecular weight excluding hydrogens is 224 g/mol. The van der Waals surface area contributed by atoms with Gasteiger partial charge in [-0.2, -0.15) is 0 Å². The molecular formula is C15H30N2O. The second kappa shape index (κ2) is 7.46. The molecule has 0 aromatic heterocycles. The van der Waals surface area contributed by atoms with E-state index in [9.17, 15) is 0 Å². The molecule has 1 aliphatic carbocycles. The Morgan fingerprint density at radius 3 is 2.83 bits per heavy atom. The fourth-order valence-electron chi connectivity index (χ4n) is 3.66. The summed E-state index contributed by atoms with van der Waals surface area (Å²) in [5.74, 6) is 1.48. The molecule has 3 nitrogen and oxygen atoms in total. The van der Waals surface area contributed by atoms with E-state index < -0.39 is 0 Å². The number of methoxy groups -OCH3 is 1. The summed E-state index contributed by atoms with van der Waals surface area (Å²) in [4.78, 5) is 0. The highest BCUT2D eigenvalue weighted by Crippen LogP contribution is 2.31. The summed E-state index contributed by atoms with van der Waals surface area (Å²) < 4.78 is 5.21. The number of ether oxygens (including phenoxy) is 1. The molecule has 1 saturated heterocycles. The lowest BCUT2D eigenvalue weighted by atomic mass is 9.88. The minimum absolute atomic E-state index is 0.621. The van der Waals surface area contributed by atoms with Crippen molar-refractivity contribution in [1.29, 1.82) is 0 Å². The van der Waals surface area contributed by atoms with Crippen LogP contribution in [0.15, 0.2) is 0 Å². The average Bonchev–Trinajstić information content (AvgIpc) is 2.86. The van der Waals surface area contributed by atoms with Crippen molar-refractivity contribution in [2.75, 3.05) is 26.8 Å². The minimum atomic E-state index is 0.621. The van der Waals surface area contributed by atoms with Crippen LogP contribution in [0.1, 0.15) is 45.4 Å². The van der Waals surface area contributed by atoms with Crippen LogP contribution in [0.2, 0.25) is 0 Å². The third kappa shape index (κ3) is 3.94. The highest BCUT2D eigenvalue weighted by Gasteiger charge is 2.33. The molecule has 2 fully saturated rings. The Hall–Kier alpha value is -0.120. The zero-order valence-corrected chi connectivity index (χ0v) is 12.1. The predicted molar refractivity (Wildman–Crippen MR) is 75.8 cm³/mol. The van der Waals surface area contributed by atoms with Crippen LogP contribution in [0, 0.1) is 11.8 Å². The molecule has 0 amide bonds. The van der Waals surface area contributed by atoms with Gasteiger partial charge in [-0.25, -0.2) is 0 Å². The Balaban J connectivity index is 1.76. The molecule has 4 atom stereocenters. The number of hydrogen-bond donors (Lipinski definition) is 2. The van der Waals surface area contributed by atoms with Gasteiger partial charge in [-0.15, -0.1) is 0 Å². The monoisotopic (exact) mass is 254 g/mol. The van der Waals surface area contributed by atoms with Gasteiger partial charge in [0.05, 0.1) is 0 Å². The molecule has 0 aromatic rings. The topological polar surface area (TPSA) is 33.3 Å². The van der Waals surface area contributed by atoms with Crippen LogP contribution in [0.25, 0.3) is 0 Å². The van der Waals surface area contributed by atoms with Crippen molar-refractivity contribution >= 4 is 0 Å². The highest BCUT2D eigenvalue weighted by atomic mass is 16.5. The van der Waals surface area contributed by atoms with Gasteiger partial charge < -0.3 is 15.4 Å². The Labute approximate surface area is 112 Å². The first-order chi connectivity index (χ1) is 8.81. The molecule has 1 saturated carbocycles. The third-order valence-corrected chi connectivity index (χ3v) is 4.61.